The van der Waals surface area contributed by atoms with Gasteiger partial charge in [-0.15, -0.1) is 5.10 Å². The number of amides is 1. The summed E-state index contributed by atoms with van der Waals surface area (Å²) in [5.41, 5.74) is 5.02. The molecular weight excluding hydrogens is 228 g/mol. The molecule has 1 aromatic heterocycles. The van der Waals surface area contributed by atoms with Gasteiger partial charge in [0, 0.05) is 5.92 Å². The van der Waals surface area contributed by atoms with Crippen LogP contribution in [0, 0.1) is 5.92 Å². The van der Waals surface area contributed by atoms with E-state index in [4.69, 9.17) is 15.6 Å². The van der Waals surface area contributed by atoms with Crippen molar-refractivity contribution in [3.63, 3.8) is 0 Å². The Bertz CT molecular complexity index is 421. The summed E-state index contributed by atoms with van der Waals surface area (Å²) >= 11 is 0. The van der Waals surface area contributed by atoms with Gasteiger partial charge in [-0.3, -0.25) is 4.79 Å². The number of carbonyl (C=O) groups is 1. The van der Waals surface area contributed by atoms with E-state index in [1.54, 1.807) is 6.92 Å². The summed E-state index contributed by atoms with van der Waals surface area (Å²) in [6, 6.07) is 0. The molecule has 1 amide bonds. The summed E-state index contributed by atoms with van der Waals surface area (Å²) in [7, 11) is 0. The number of hydrogen-bond acceptors (Lipinski definition) is 6. The number of hydrogen-bond donors (Lipinski definition) is 3. The Hall–Kier alpha value is -1.51. The van der Waals surface area contributed by atoms with Gasteiger partial charge in [0.25, 0.3) is 5.91 Å². The lowest BCUT2D eigenvalue weighted by Gasteiger charge is -2.14. The van der Waals surface area contributed by atoms with Crippen LogP contribution in [0.15, 0.2) is 6.33 Å². The van der Waals surface area contributed by atoms with Gasteiger partial charge in [-0.05, 0) is 0 Å². The van der Waals surface area contributed by atoms with Gasteiger partial charge in [0.05, 0.1) is 12.7 Å². The highest BCUT2D eigenvalue weighted by atomic mass is 16.5. The highest BCUT2D eigenvalue weighted by molar-refractivity contribution is 5.88. The van der Waals surface area contributed by atoms with Crippen LogP contribution in [-0.4, -0.2) is 49.7 Å². The van der Waals surface area contributed by atoms with Gasteiger partial charge in [0.1, 0.15) is 12.4 Å². The molecule has 1 aliphatic rings. The molecule has 8 nitrogen and oxygen atoms in total. The summed E-state index contributed by atoms with van der Waals surface area (Å²) in [4.78, 5) is 14.5. The van der Waals surface area contributed by atoms with E-state index in [0.717, 1.165) is 0 Å². The first-order valence-electron chi connectivity index (χ1n) is 5.20. The standard InChI is InChI=1S/C9H14N4O4/c1-4-5(2-14)17-9(6(4)15)13-3-11-8(12-13)7(10)16/h3-6,9,14-15H,2H2,1H3,(H2,10,16)/t4-,5-,6-,9-/m1/s1. The Labute approximate surface area is 97.0 Å². The third-order valence-electron chi connectivity index (χ3n) is 2.90. The van der Waals surface area contributed by atoms with Crippen LogP contribution in [0.25, 0.3) is 0 Å². The van der Waals surface area contributed by atoms with E-state index < -0.39 is 24.3 Å². The van der Waals surface area contributed by atoms with E-state index >= 15 is 0 Å². The number of nitrogens with zero attached hydrogens (tertiary/aromatic N) is 3. The van der Waals surface area contributed by atoms with E-state index in [-0.39, 0.29) is 18.3 Å². The number of aliphatic hydroxyl groups excluding tert-OH is 2. The monoisotopic (exact) mass is 242 g/mol. The Morgan fingerprint density at radius 2 is 2.41 bits per heavy atom. The zero-order valence-corrected chi connectivity index (χ0v) is 9.22. The molecule has 1 saturated heterocycles. The third kappa shape index (κ3) is 2.02. The lowest BCUT2D eigenvalue weighted by atomic mass is 10.0. The minimum Gasteiger partial charge on any atom is -0.394 e. The van der Waals surface area contributed by atoms with Crippen LogP contribution in [-0.2, 0) is 4.74 Å². The normalized spacial score (nSPS) is 32.9. The van der Waals surface area contributed by atoms with Crippen molar-refractivity contribution in [3.8, 4) is 0 Å². The van der Waals surface area contributed by atoms with Crippen LogP contribution in [0.2, 0.25) is 0 Å². The van der Waals surface area contributed by atoms with Crippen molar-refractivity contribution in [3.05, 3.63) is 12.2 Å². The van der Waals surface area contributed by atoms with Gasteiger partial charge in [0.2, 0.25) is 5.82 Å². The maximum absolute atomic E-state index is 10.8. The quantitative estimate of drug-likeness (QED) is 0.578. The fourth-order valence-corrected chi connectivity index (χ4v) is 1.80. The second-order valence-electron chi connectivity index (χ2n) is 4.01. The molecule has 0 radical (unpaired) electrons. The molecule has 0 spiro atoms. The van der Waals surface area contributed by atoms with E-state index in [2.05, 4.69) is 10.1 Å². The van der Waals surface area contributed by atoms with Crippen molar-refractivity contribution in [2.45, 2.75) is 25.4 Å². The minimum absolute atomic E-state index is 0.138. The second-order valence-corrected chi connectivity index (χ2v) is 4.01. The molecule has 2 heterocycles. The van der Waals surface area contributed by atoms with Crippen LogP contribution in [0.3, 0.4) is 0 Å². The van der Waals surface area contributed by atoms with Crippen molar-refractivity contribution in [2.24, 2.45) is 11.7 Å². The van der Waals surface area contributed by atoms with Crippen molar-refractivity contribution >= 4 is 5.91 Å². The fourth-order valence-electron chi connectivity index (χ4n) is 1.80. The van der Waals surface area contributed by atoms with E-state index in [1.807, 2.05) is 0 Å². The van der Waals surface area contributed by atoms with Gasteiger partial charge in [0.15, 0.2) is 6.23 Å². The Balaban J connectivity index is 2.19. The number of nitrogens with two attached hydrogens (primary N) is 1. The fraction of sp³-hybridized carbons (Fsp3) is 0.667. The first-order valence-corrected chi connectivity index (χ1v) is 5.20. The molecule has 17 heavy (non-hydrogen) atoms. The molecule has 94 valence electrons. The predicted octanol–water partition coefficient (Wildman–Crippen LogP) is -1.74. The van der Waals surface area contributed by atoms with Crippen LogP contribution < -0.4 is 5.73 Å². The zero-order valence-electron chi connectivity index (χ0n) is 9.22. The van der Waals surface area contributed by atoms with Gasteiger partial charge >= 0.3 is 0 Å². The SMILES string of the molecule is C[C@H]1[C@@H](O)[C@H](n2cnc(C(N)=O)n2)O[C@@H]1CO. The third-order valence-corrected chi connectivity index (χ3v) is 2.90. The lowest BCUT2D eigenvalue weighted by molar-refractivity contribution is -0.0576. The molecule has 8 heteroatoms. The summed E-state index contributed by atoms with van der Waals surface area (Å²) in [5, 5.41) is 22.8. The van der Waals surface area contributed by atoms with Crippen molar-refractivity contribution in [1.82, 2.24) is 14.8 Å². The Morgan fingerprint density at radius 3 is 2.88 bits per heavy atom. The molecule has 1 aromatic rings. The molecular formula is C9H14N4O4. The number of aliphatic hydroxyl groups is 2. The molecule has 0 aromatic carbocycles. The molecule has 0 aliphatic carbocycles. The molecule has 0 saturated carbocycles. The molecule has 4 atom stereocenters. The largest absolute Gasteiger partial charge is 0.394 e. The number of ether oxygens (including phenoxy) is 1. The van der Waals surface area contributed by atoms with E-state index in [9.17, 15) is 9.90 Å². The molecule has 0 unspecified atom stereocenters. The number of aromatic nitrogens is 3. The number of primary amides is 1. The molecule has 1 aliphatic heterocycles. The second kappa shape index (κ2) is 4.40. The Kier molecular flexibility index (Phi) is 3.09. The average Bonchev–Trinajstić information content (AvgIpc) is 2.87. The zero-order chi connectivity index (χ0) is 12.6. The van der Waals surface area contributed by atoms with Gasteiger partial charge < -0.3 is 20.7 Å². The highest BCUT2D eigenvalue weighted by Gasteiger charge is 2.42. The topological polar surface area (TPSA) is 123 Å². The van der Waals surface area contributed by atoms with Crippen molar-refractivity contribution in [2.75, 3.05) is 6.61 Å². The predicted molar refractivity (Wildman–Crippen MR) is 54.7 cm³/mol. The number of rotatable bonds is 3. The molecule has 2 rings (SSSR count). The lowest BCUT2D eigenvalue weighted by Crippen LogP contribution is -2.25. The highest BCUT2D eigenvalue weighted by Crippen LogP contribution is 2.32. The smallest absolute Gasteiger partial charge is 0.288 e. The average molecular weight is 242 g/mol. The molecule has 4 N–H and O–H groups in total. The van der Waals surface area contributed by atoms with Gasteiger partial charge in [-0.25, -0.2) is 9.67 Å². The van der Waals surface area contributed by atoms with E-state index in [0.29, 0.717) is 0 Å². The van der Waals surface area contributed by atoms with Crippen LogP contribution in [0.1, 0.15) is 23.8 Å². The minimum atomic E-state index is -0.824. The molecule has 1 fully saturated rings. The van der Waals surface area contributed by atoms with Crippen LogP contribution >= 0.6 is 0 Å². The van der Waals surface area contributed by atoms with E-state index in [1.165, 1.54) is 11.0 Å². The first-order chi connectivity index (χ1) is 8.04. The van der Waals surface area contributed by atoms with Gasteiger partial charge in [-0.2, -0.15) is 0 Å². The Morgan fingerprint density at radius 1 is 1.71 bits per heavy atom. The van der Waals surface area contributed by atoms with Crippen molar-refractivity contribution in [1.29, 1.82) is 0 Å². The summed E-state index contributed by atoms with van der Waals surface area (Å²) in [6.45, 7) is 1.57. The summed E-state index contributed by atoms with van der Waals surface area (Å²) < 4.78 is 6.66. The van der Waals surface area contributed by atoms with Crippen LogP contribution in [0.4, 0.5) is 0 Å². The summed E-state index contributed by atoms with van der Waals surface area (Å²) in [5.74, 6) is -1.12. The first kappa shape index (κ1) is 12.0. The van der Waals surface area contributed by atoms with Crippen molar-refractivity contribution < 1.29 is 19.7 Å². The van der Waals surface area contributed by atoms with Crippen LogP contribution in [0.5, 0.6) is 0 Å². The maximum atomic E-state index is 10.8. The molecule has 0 bridgehead atoms. The summed E-state index contributed by atoms with van der Waals surface area (Å²) in [6.07, 6.45) is -0.783. The van der Waals surface area contributed by atoms with Gasteiger partial charge in [-0.1, -0.05) is 6.92 Å². The number of carbonyl (C=O) groups excluding carboxylic acids is 1. The maximum Gasteiger partial charge on any atom is 0.288 e.